The van der Waals surface area contributed by atoms with Gasteiger partial charge >= 0.3 is 0 Å². The number of aromatic nitrogens is 1. The molecule has 2 rings (SSSR count). The second kappa shape index (κ2) is 8.92. The molecule has 0 bridgehead atoms. The molecule has 4 N–H and O–H groups in total. The number of methoxy groups -OCH3 is 1. The zero-order valence-corrected chi connectivity index (χ0v) is 14.7. The van der Waals surface area contributed by atoms with Crippen LogP contribution in [0.15, 0.2) is 30.5 Å². The summed E-state index contributed by atoms with van der Waals surface area (Å²) in [4.78, 5) is 15.2. The topological polar surface area (TPSA) is 100 Å². The largest absolute Gasteiger partial charge is 0.491 e. The van der Waals surface area contributed by atoms with E-state index in [2.05, 4.69) is 11.9 Å². The lowest BCUT2D eigenvalue weighted by Gasteiger charge is -2.15. The summed E-state index contributed by atoms with van der Waals surface area (Å²) in [6, 6.07) is 6.92. The average molecular weight is 343 g/mol. The first kappa shape index (κ1) is 18.6. The van der Waals surface area contributed by atoms with Gasteiger partial charge in [0.1, 0.15) is 0 Å². The Morgan fingerprint density at radius 2 is 1.96 bits per heavy atom. The van der Waals surface area contributed by atoms with E-state index in [0.717, 1.165) is 18.4 Å². The number of primary amides is 1. The molecule has 0 saturated carbocycles. The zero-order chi connectivity index (χ0) is 18.2. The summed E-state index contributed by atoms with van der Waals surface area (Å²) >= 11 is 0. The Kier molecular flexibility index (Phi) is 6.62. The maximum absolute atomic E-state index is 11.1. The molecule has 0 fully saturated rings. The van der Waals surface area contributed by atoms with E-state index in [-0.39, 0.29) is 0 Å². The number of anilines is 1. The molecule has 6 nitrogen and oxygen atoms in total. The van der Waals surface area contributed by atoms with Gasteiger partial charge < -0.3 is 20.9 Å². The van der Waals surface area contributed by atoms with E-state index in [4.69, 9.17) is 20.9 Å². The van der Waals surface area contributed by atoms with Crippen LogP contribution < -0.4 is 20.9 Å². The number of rotatable bonds is 9. The van der Waals surface area contributed by atoms with Gasteiger partial charge in [-0.15, -0.1) is 0 Å². The first-order valence-corrected chi connectivity index (χ1v) is 8.45. The van der Waals surface area contributed by atoms with Crippen molar-refractivity contribution in [3.63, 3.8) is 0 Å². The molecule has 0 radical (unpaired) electrons. The highest BCUT2D eigenvalue weighted by molar-refractivity contribution is 5.92. The monoisotopic (exact) mass is 343 g/mol. The lowest BCUT2D eigenvalue weighted by molar-refractivity contribution is 0.1000. The molecule has 0 saturated heterocycles. The molecular formula is C19H25N3O3. The summed E-state index contributed by atoms with van der Waals surface area (Å²) in [6.07, 6.45) is 6.99. The fourth-order valence-corrected chi connectivity index (χ4v) is 2.57. The van der Waals surface area contributed by atoms with Crippen molar-refractivity contribution in [1.82, 2.24) is 4.98 Å². The van der Waals surface area contributed by atoms with Crippen LogP contribution in [-0.4, -0.2) is 18.0 Å². The zero-order valence-electron chi connectivity index (χ0n) is 14.7. The lowest BCUT2D eigenvalue weighted by Crippen LogP contribution is -2.11. The molecule has 25 heavy (non-hydrogen) atoms. The molecule has 0 aliphatic rings. The number of nitrogens with zero attached hydrogens (tertiary/aromatic N) is 1. The Morgan fingerprint density at radius 3 is 2.56 bits per heavy atom. The number of pyridine rings is 1. The predicted molar refractivity (Wildman–Crippen MR) is 98.1 cm³/mol. The number of nitrogens with two attached hydrogens (primary N) is 2. The third-order valence-electron chi connectivity index (χ3n) is 3.99. The van der Waals surface area contributed by atoms with Crippen LogP contribution in [0.2, 0.25) is 0 Å². The van der Waals surface area contributed by atoms with Crippen LogP contribution in [0.5, 0.6) is 17.4 Å². The number of ether oxygens (including phenoxy) is 2. The minimum absolute atomic E-state index is 0.321. The molecular weight excluding hydrogens is 318 g/mol. The predicted octanol–water partition coefficient (Wildman–Crippen LogP) is 3.69. The van der Waals surface area contributed by atoms with E-state index < -0.39 is 5.91 Å². The van der Waals surface area contributed by atoms with Gasteiger partial charge in [0.25, 0.3) is 0 Å². The first-order chi connectivity index (χ1) is 12.1. The summed E-state index contributed by atoms with van der Waals surface area (Å²) in [6.45, 7) is 2.19. The van der Waals surface area contributed by atoms with Crippen molar-refractivity contribution in [3.05, 3.63) is 41.6 Å². The van der Waals surface area contributed by atoms with Crippen LogP contribution in [0.1, 0.15) is 48.5 Å². The fraction of sp³-hybridized carbons (Fsp3) is 0.368. The van der Waals surface area contributed by atoms with Gasteiger partial charge in [0.15, 0.2) is 11.5 Å². The van der Waals surface area contributed by atoms with Crippen LogP contribution in [0.4, 0.5) is 5.69 Å². The highest BCUT2D eigenvalue weighted by atomic mass is 16.5. The van der Waals surface area contributed by atoms with Gasteiger partial charge in [0.05, 0.1) is 18.4 Å². The SMILES string of the molecule is CCCCCCc1ccc(Oc2ccc(C(N)=O)cn2)c(OC)c1N. The van der Waals surface area contributed by atoms with E-state index >= 15 is 0 Å². The van der Waals surface area contributed by atoms with Crippen LogP contribution in [-0.2, 0) is 6.42 Å². The summed E-state index contributed by atoms with van der Waals surface area (Å²) < 4.78 is 11.2. The number of aryl methyl sites for hydroxylation is 1. The summed E-state index contributed by atoms with van der Waals surface area (Å²) in [5, 5.41) is 0. The molecule has 134 valence electrons. The molecule has 1 heterocycles. The Labute approximate surface area is 148 Å². The number of hydrogen-bond acceptors (Lipinski definition) is 5. The van der Waals surface area contributed by atoms with Crippen molar-refractivity contribution < 1.29 is 14.3 Å². The van der Waals surface area contributed by atoms with Crippen molar-refractivity contribution in [1.29, 1.82) is 0 Å². The van der Waals surface area contributed by atoms with Crippen LogP contribution in [0.3, 0.4) is 0 Å². The molecule has 6 heteroatoms. The first-order valence-electron chi connectivity index (χ1n) is 8.45. The van der Waals surface area contributed by atoms with Gasteiger partial charge in [-0.3, -0.25) is 4.79 Å². The van der Waals surface area contributed by atoms with Gasteiger partial charge in [-0.2, -0.15) is 0 Å². The lowest BCUT2D eigenvalue weighted by atomic mass is 10.0. The normalized spacial score (nSPS) is 10.5. The van der Waals surface area contributed by atoms with Crippen molar-refractivity contribution in [2.24, 2.45) is 5.73 Å². The Bertz CT molecular complexity index is 715. The average Bonchev–Trinajstić information content (AvgIpc) is 2.61. The van der Waals surface area contributed by atoms with Crippen molar-refractivity contribution in [2.75, 3.05) is 12.8 Å². The van der Waals surface area contributed by atoms with E-state index in [1.807, 2.05) is 12.1 Å². The smallest absolute Gasteiger partial charge is 0.250 e. The second-order valence-electron chi connectivity index (χ2n) is 5.83. The number of benzene rings is 1. The quantitative estimate of drug-likeness (QED) is 0.534. The van der Waals surface area contributed by atoms with E-state index in [9.17, 15) is 4.79 Å². The Morgan fingerprint density at radius 1 is 1.16 bits per heavy atom. The van der Waals surface area contributed by atoms with Crippen LogP contribution >= 0.6 is 0 Å². The van der Waals surface area contributed by atoms with Gasteiger partial charge in [-0.25, -0.2) is 4.98 Å². The van der Waals surface area contributed by atoms with Crippen molar-refractivity contribution in [2.45, 2.75) is 39.0 Å². The number of hydrogen-bond donors (Lipinski definition) is 2. The molecule has 0 aliphatic heterocycles. The van der Waals surface area contributed by atoms with Crippen molar-refractivity contribution in [3.8, 4) is 17.4 Å². The standard InChI is InChI=1S/C19H25N3O3/c1-3-4-5-6-7-13-8-10-15(18(24-2)17(13)20)25-16-11-9-14(12-22-16)19(21)23/h8-12H,3-7,20H2,1-2H3,(H2,21,23). The minimum atomic E-state index is -0.534. The van der Waals surface area contributed by atoms with E-state index in [0.29, 0.717) is 28.6 Å². The molecule has 2 aromatic rings. The molecule has 1 amide bonds. The maximum atomic E-state index is 11.1. The number of carbonyl (C=O) groups excluding carboxylic acids is 1. The molecule has 0 unspecified atom stereocenters. The summed E-state index contributed by atoms with van der Waals surface area (Å²) in [5.41, 5.74) is 13.4. The minimum Gasteiger partial charge on any atom is -0.491 e. The number of carbonyl (C=O) groups is 1. The molecule has 1 aromatic carbocycles. The van der Waals surface area contributed by atoms with Crippen molar-refractivity contribution >= 4 is 11.6 Å². The van der Waals surface area contributed by atoms with Gasteiger partial charge in [-0.1, -0.05) is 32.3 Å². The van der Waals surface area contributed by atoms with E-state index in [1.165, 1.54) is 25.5 Å². The summed E-state index contributed by atoms with van der Waals surface area (Å²) in [5.74, 6) is 0.775. The van der Waals surface area contributed by atoms with Crippen LogP contribution in [0.25, 0.3) is 0 Å². The third-order valence-corrected chi connectivity index (χ3v) is 3.99. The Hall–Kier alpha value is -2.76. The molecule has 0 aliphatic carbocycles. The number of amides is 1. The van der Waals surface area contributed by atoms with Gasteiger partial charge in [0, 0.05) is 12.3 Å². The third kappa shape index (κ3) is 4.86. The van der Waals surface area contributed by atoms with Gasteiger partial charge in [-0.05, 0) is 30.5 Å². The fourth-order valence-electron chi connectivity index (χ4n) is 2.57. The highest BCUT2D eigenvalue weighted by Crippen LogP contribution is 2.38. The van der Waals surface area contributed by atoms with Crippen LogP contribution in [0, 0.1) is 0 Å². The molecule has 0 atom stereocenters. The van der Waals surface area contributed by atoms with E-state index in [1.54, 1.807) is 19.2 Å². The second-order valence-corrected chi connectivity index (χ2v) is 5.83. The highest BCUT2D eigenvalue weighted by Gasteiger charge is 2.14. The number of unbranched alkanes of at least 4 members (excludes halogenated alkanes) is 3. The summed E-state index contributed by atoms with van der Waals surface area (Å²) in [7, 11) is 1.56. The van der Waals surface area contributed by atoms with Gasteiger partial charge in [0.2, 0.25) is 11.8 Å². The Balaban J connectivity index is 2.15. The molecule has 0 spiro atoms. The number of nitrogen functional groups attached to an aromatic ring is 1. The maximum Gasteiger partial charge on any atom is 0.250 e. The molecule has 1 aromatic heterocycles.